The van der Waals surface area contributed by atoms with Crippen LogP contribution < -0.4 is 0 Å². The first-order valence-corrected chi connectivity index (χ1v) is 45.9. The summed E-state index contributed by atoms with van der Waals surface area (Å²) >= 11 is 0. The molecule has 0 aliphatic heterocycles. The number of unbranched alkanes of at least 4 members (excludes halogenated alkanes) is 48. The lowest BCUT2D eigenvalue weighted by molar-refractivity contribution is -0.161. The van der Waals surface area contributed by atoms with E-state index in [4.69, 9.17) is 37.0 Å². The molecule has 102 heavy (non-hydrogen) atoms. The fourth-order valence-electron chi connectivity index (χ4n) is 12.8. The third kappa shape index (κ3) is 74.9. The Morgan fingerprint density at radius 3 is 0.745 bits per heavy atom. The van der Waals surface area contributed by atoms with Gasteiger partial charge in [0.15, 0.2) is 12.2 Å². The zero-order valence-corrected chi connectivity index (χ0v) is 68.9. The highest BCUT2D eigenvalue weighted by atomic mass is 31.2. The highest BCUT2D eigenvalue weighted by Crippen LogP contribution is 2.45. The van der Waals surface area contributed by atoms with E-state index in [0.717, 1.165) is 108 Å². The highest BCUT2D eigenvalue weighted by Gasteiger charge is 2.30. The Kier molecular flexibility index (Phi) is 71.8. The molecule has 17 nitrogen and oxygen atoms in total. The van der Waals surface area contributed by atoms with Crippen molar-refractivity contribution in [2.45, 2.75) is 452 Å². The van der Waals surface area contributed by atoms with Crippen molar-refractivity contribution in [2.75, 3.05) is 39.6 Å². The number of aliphatic hydroxyl groups excluding tert-OH is 1. The topological polar surface area (TPSA) is 237 Å². The van der Waals surface area contributed by atoms with Crippen LogP contribution in [-0.2, 0) is 65.4 Å². The summed E-state index contributed by atoms with van der Waals surface area (Å²) in [7, 11) is -9.92. The molecule has 0 spiro atoms. The van der Waals surface area contributed by atoms with E-state index in [-0.39, 0.29) is 25.7 Å². The second-order valence-corrected chi connectivity index (χ2v) is 34.0. The molecule has 0 saturated carbocycles. The number of esters is 4. The van der Waals surface area contributed by atoms with Crippen LogP contribution in [0, 0.1) is 17.8 Å². The van der Waals surface area contributed by atoms with Gasteiger partial charge in [-0.2, -0.15) is 0 Å². The van der Waals surface area contributed by atoms with Crippen LogP contribution in [0.4, 0.5) is 0 Å². The summed E-state index contributed by atoms with van der Waals surface area (Å²) in [6.45, 7) is 12.0. The molecule has 0 aromatic rings. The average molecular weight is 1490 g/mol. The molecule has 0 fully saturated rings. The van der Waals surface area contributed by atoms with Crippen LogP contribution in [0.3, 0.4) is 0 Å². The van der Waals surface area contributed by atoms with Gasteiger partial charge in [0.25, 0.3) is 0 Å². The largest absolute Gasteiger partial charge is 0.472 e. The third-order valence-corrected chi connectivity index (χ3v) is 21.6. The number of hydrogen-bond donors (Lipinski definition) is 3. The number of ether oxygens (including phenoxy) is 4. The molecule has 0 aliphatic carbocycles. The maximum Gasteiger partial charge on any atom is 0.472 e. The van der Waals surface area contributed by atoms with Crippen LogP contribution in [0.15, 0.2) is 0 Å². The zero-order chi connectivity index (χ0) is 75.1. The lowest BCUT2D eigenvalue weighted by Crippen LogP contribution is -2.30. The van der Waals surface area contributed by atoms with Crippen molar-refractivity contribution in [3.05, 3.63) is 0 Å². The normalized spacial score (nSPS) is 14.2. The third-order valence-electron chi connectivity index (χ3n) is 19.7. The summed E-state index contributed by atoms with van der Waals surface area (Å²) in [6.07, 6.45) is 62.3. The molecule has 0 aromatic carbocycles. The molecular formula is C83H162O17P2. The summed E-state index contributed by atoms with van der Waals surface area (Å²) in [5, 5.41) is 10.7. The maximum absolute atomic E-state index is 13.1. The molecule has 19 heteroatoms. The van der Waals surface area contributed by atoms with Crippen LogP contribution in [0.5, 0.6) is 0 Å². The average Bonchev–Trinajstić information content (AvgIpc) is 0.993. The molecule has 0 aromatic heterocycles. The Morgan fingerprint density at radius 2 is 0.500 bits per heavy atom. The number of carbonyl (C=O) groups is 4. The number of phosphoric ester groups is 2. The van der Waals surface area contributed by atoms with Gasteiger partial charge in [-0.25, -0.2) is 9.13 Å². The molecule has 0 aliphatic rings. The number of rotatable bonds is 81. The van der Waals surface area contributed by atoms with Crippen molar-refractivity contribution >= 4 is 39.5 Å². The minimum Gasteiger partial charge on any atom is -0.462 e. The first-order chi connectivity index (χ1) is 49.3. The molecule has 3 N–H and O–H groups in total. The van der Waals surface area contributed by atoms with Gasteiger partial charge in [-0.05, 0) is 43.4 Å². The van der Waals surface area contributed by atoms with Gasteiger partial charge in [-0.3, -0.25) is 37.3 Å². The van der Waals surface area contributed by atoms with Gasteiger partial charge in [0, 0.05) is 25.7 Å². The lowest BCUT2D eigenvalue weighted by Gasteiger charge is -2.21. The number of carbonyl (C=O) groups excluding carboxylic acids is 4. The van der Waals surface area contributed by atoms with Crippen molar-refractivity contribution in [1.29, 1.82) is 0 Å². The minimum absolute atomic E-state index is 0.107. The second-order valence-electron chi connectivity index (χ2n) is 31.1. The van der Waals surface area contributed by atoms with E-state index < -0.39 is 97.5 Å². The van der Waals surface area contributed by atoms with Crippen LogP contribution in [0.1, 0.15) is 434 Å². The minimum atomic E-state index is -4.96. The van der Waals surface area contributed by atoms with E-state index in [0.29, 0.717) is 25.7 Å². The van der Waals surface area contributed by atoms with Crippen molar-refractivity contribution in [3.63, 3.8) is 0 Å². The van der Waals surface area contributed by atoms with Gasteiger partial charge in [-0.15, -0.1) is 0 Å². The molecule has 0 saturated heterocycles. The van der Waals surface area contributed by atoms with Gasteiger partial charge in [0.1, 0.15) is 19.3 Å². The quantitative estimate of drug-likeness (QED) is 0.0222. The molecule has 0 heterocycles. The number of aliphatic hydroxyl groups is 1. The van der Waals surface area contributed by atoms with E-state index in [1.54, 1.807) is 0 Å². The van der Waals surface area contributed by atoms with E-state index >= 15 is 0 Å². The van der Waals surface area contributed by atoms with Crippen molar-refractivity contribution in [1.82, 2.24) is 0 Å². The number of hydrogen-bond acceptors (Lipinski definition) is 15. The van der Waals surface area contributed by atoms with Crippen molar-refractivity contribution < 1.29 is 80.2 Å². The SMILES string of the molecule is CCCCCCCCCCCCCCCCC(=O)O[C@H](COC(=O)CCCCCCCCCCC(C)CC)COP(=O)(O)OC[C@H](O)COP(=O)(O)OC[C@@H](COC(=O)CCCCCCCCCCCCCCCCC(C)C)OC(=O)CCCCCCCCCCCCCCCCCCC(C)C. The second kappa shape index (κ2) is 73.2. The molecule has 3 unspecified atom stereocenters. The van der Waals surface area contributed by atoms with Gasteiger partial charge in [0.05, 0.1) is 26.4 Å². The standard InChI is InChI=1S/C83H162O17P2/c1-8-10-11-12-13-14-15-16-25-31-36-45-52-59-66-82(87)100-79(71-94-81(86)65-58-51-44-39-38-42-49-56-63-76(7)9-2)73-98-102(91,92)96-69-77(84)68-95-101(89,90)97-72-78(70-93-80(85)64-57-50-43-35-30-26-22-21-24-29-34-41-48-55-62-75(5)6)99-83(88)67-60-53-46-37-32-27-20-18-17-19-23-28-33-40-47-54-61-74(3)4/h74-79,84H,8-73H2,1-7H3,(H,89,90)(H,91,92)/t76?,77-,78-,79-/m1/s1. The van der Waals surface area contributed by atoms with E-state index in [9.17, 15) is 43.2 Å². The van der Waals surface area contributed by atoms with Gasteiger partial charge in [-0.1, -0.05) is 382 Å². The summed E-state index contributed by atoms with van der Waals surface area (Å²) in [6, 6.07) is 0. The van der Waals surface area contributed by atoms with E-state index in [2.05, 4.69) is 48.5 Å². The molecule has 606 valence electrons. The zero-order valence-electron chi connectivity index (χ0n) is 67.1. The van der Waals surface area contributed by atoms with Gasteiger partial charge < -0.3 is 33.8 Å². The molecule has 0 rings (SSSR count). The summed E-state index contributed by atoms with van der Waals surface area (Å²) in [5.74, 6) is 0.280. The molecule has 0 amide bonds. The van der Waals surface area contributed by atoms with Crippen LogP contribution >= 0.6 is 15.6 Å². The Hall–Kier alpha value is -1.94. The first-order valence-electron chi connectivity index (χ1n) is 42.9. The summed E-state index contributed by atoms with van der Waals surface area (Å²) in [4.78, 5) is 73.1. The molecular weight excluding hydrogens is 1330 g/mol. The predicted octanol–water partition coefficient (Wildman–Crippen LogP) is 24.9. The van der Waals surface area contributed by atoms with Crippen molar-refractivity contribution in [2.24, 2.45) is 17.8 Å². The van der Waals surface area contributed by atoms with Crippen LogP contribution in [0.25, 0.3) is 0 Å². The fourth-order valence-corrected chi connectivity index (χ4v) is 14.4. The molecule has 0 radical (unpaired) electrons. The Balaban J connectivity index is 5.26. The Morgan fingerprint density at radius 1 is 0.284 bits per heavy atom. The first kappa shape index (κ1) is 100. The van der Waals surface area contributed by atoms with Gasteiger partial charge >= 0.3 is 39.5 Å². The van der Waals surface area contributed by atoms with Gasteiger partial charge in [0.2, 0.25) is 0 Å². The Bertz CT molecular complexity index is 1980. The number of phosphoric acid groups is 2. The van der Waals surface area contributed by atoms with E-state index in [1.165, 1.54) is 244 Å². The molecule has 6 atom stereocenters. The summed E-state index contributed by atoms with van der Waals surface area (Å²) in [5.41, 5.74) is 0. The van der Waals surface area contributed by atoms with E-state index in [1.807, 2.05) is 0 Å². The maximum atomic E-state index is 13.1. The molecule has 0 bridgehead atoms. The fraction of sp³-hybridized carbons (Fsp3) is 0.952. The Labute approximate surface area is 626 Å². The van der Waals surface area contributed by atoms with Crippen LogP contribution in [-0.4, -0.2) is 96.7 Å². The lowest BCUT2D eigenvalue weighted by atomic mass is 9.99. The predicted molar refractivity (Wildman–Crippen MR) is 418 cm³/mol. The van der Waals surface area contributed by atoms with Crippen LogP contribution in [0.2, 0.25) is 0 Å². The van der Waals surface area contributed by atoms with Crippen molar-refractivity contribution in [3.8, 4) is 0 Å². The summed E-state index contributed by atoms with van der Waals surface area (Å²) < 4.78 is 68.8. The monoisotopic (exact) mass is 1490 g/mol. The smallest absolute Gasteiger partial charge is 0.462 e. The highest BCUT2D eigenvalue weighted by molar-refractivity contribution is 7.47.